The number of nitrogens with zero attached hydrogens (tertiary/aromatic N) is 1. The van der Waals surface area contributed by atoms with E-state index >= 15 is 0 Å². The molecule has 0 saturated heterocycles. The highest BCUT2D eigenvalue weighted by Crippen LogP contribution is 2.30. The average molecular weight is 306 g/mol. The number of benzene rings is 1. The summed E-state index contributed by atoms with van der Waals surface area (Å²) >= 11 is 1.47. The first-order valence-corrected chi connectivity index (χ1v) is 7.35. The van der Waals surface area contributed by atoms with E-state index < -0.39 is 11.6 Å². The highest BCUT2D eigenvalue weighted by atomic mass is 32.1. The predicted octanol–water partition coefficient (Wildman–Crippen LogP) is 3.28. The molecule has 6 heteroatoms. The minimum absolute atomic E-state index is 0.116. The van der Waals surface area contributed by atoms with E-state index in [9.17, 15) is 13.6 Å². The molecule has 1 aliphatic rings. The topological polar surface area (TPSA) is 41.5 Å². The van der Waals surface area contributed by atoms with Crippen LogP contribution in [0.15, 0.2) is 29.4 Å². The van der Waals surface area contributed by atoms with E-state index in [2.05, 4.69) is 10.5 Å². The van der Waals surface area contributed by atoms with Crippen LogP contribution < -0.4 is 5.43 Å². The Kier molecular flexibility index (Phi) is 3.79. The third-order valence-corrected chi connectivity index (χ3v) is 4.54. The number of hydrogen-bond donors (Lipinski definition) is 1. The second-order valence-corrected chi connectivity index (χ2v) is 5.91. The zero-order chi connectivity index (χ0) is 14.8. The average Bonchev–Trinajstić information content (AvgIpc) is 3.02. The van der Waals surface area contributed by atoms with Crippen molar-refractivity contribution in [2.45, 2.75) is 19.3 Å². The largest absolute Gasteiger partial charge is 0.281 e. The smallest absolute Gasteiger partial charge is 0.266 e. The van der Waals surface area contributed by atoms with Crippen molar-refractivity contribution in [2.75, 3.05) is 0 Å². The van der Waals surface area contributed by atoms with Crippen LogP contribution in [0.25, 0.3) is 0 Å². The molecule has 0 radical (unpaired) electrons. The molecule has 1 amide bonds. The molecule has 0 spiro atoms. The van der Waals surface area contributed by atoms with Crippen molar-refractivity contribution in [1.82, 2.24) is 5.43 Å². The molecular weight excluding hydrogens is 294 g/mol. The lowest BCUT2D eigenvalue weighted by Gasteiger charge is -1.98. The van der Waals surface area contributed by atoms with E-state index in [1.165, 1.54) is 27.8 Å². The Morgan fingerprint density at radius 3 is 2.90 bits per heavy atom. The summed E-state index contributed by atoms with van der Waals surface area (Å²) in [7, 11) is 0. The molecule has 1 heterocycles. The van der Waals surface area contributed by atoms with Crippen LogP contribution in [0.2, 0.25) is 0 Å². The molecule has 0 unspecified atom stereocenters. The van der Waals surface area contributed by atoms with Crippen LogP contribution in [-0.4, -0.2) is 12.1 Å². The number of carbonyl (C=O) groups excluding carboxylic acids is 1. The van der Waals surface area contributed by atoms with Gasteiger partial charge in [0.2, 0.25) is 0 Å². The van der Waals surface area contributed by atoms with E-state index in [0.29, 0.717) is 4.88 Å². The lowest BCUT2D eigenvalue weighted by atomic mass is 10.2. The maximum absolute atomic E-state index is 13.4. The van der Waals surface area contributed by atoms with Gasteiger partial charge >= 0.3 is 0 Å². The number of amides is 1. The fraction of sp³-hybridized carbons (Fsp3) is 0.200. The third-order valence-electron chi connectivity index (χ3n) is 3.30. The first-order valence-electron chi connectivity index (χ1n) is 6.53. The Morgan fingerprint density at radius 1 is 1.29 bits per heavy atom. The van der Waals surface area contributed by atoms with Gasteiger partial charge in [0.25, 0.3) is 5.91 Å². The van der Waals surface area contributed by atoms with Crippen LogP contribution in [0.4, 0.5) is 8.78 Å². The number of halogens is 2. The Morgan fingerprint density at radius 2 is 2.14 bits per heavy atom. The van der Waals surface area contributed by atoms with Crippen LogP contribution in [0.1, 0.15) is 32.1 Å². The Labute approximate surface area is 124 Å². The molecule has 1 aliphatic carbocycles. The molecule has 3 rings (SSSR count). The third kappa shape index (κ3) is 3.00. The number of fused-ring (bicyclic) bond motifs is 1. The van der Waals surface area contributed by atoms with E-state index in [-0.39, 0.29) is 11.5 Å². The maximum Gasteiger partial charge on any atom is 0.281 e. The molecule has 2 aromatic rings. The van der Waals surface area contributed by atoms with Gasteiger partial charge in [-0.3, -0.25) is 4.79 Å². The Hall–Kier alpha value is -2.08. The van der Waals surface area contributed by atoms with Crippen LogP contribution in [0, 0.1) is 11.6 Å². The lowest BCUT2D eigenvalue weighted by molar-refractivity contribution is 0.0959. The standard InChI is InChI=1S/C15H12F2N2OS/c16-11-5-4-10(12(17)7-11)8-18-19-15(20)14-6-9-2-1-3-13(9)21-14/h4-8H,1-3H2,(H,19,20)/b18-8-. The molecule has 3 nitrogen and oxygen atoms in total. The summed E-state index contributed by atoms with van der Waals surface area (Å²) in [5.41, 5.74) is 3.71. The van der Waals surface area contributed by atoms with Crippen LogP contribution >= 0.6 is 11.3 Å². The van der Waals surface area contributed by atoms with E-state index in [1.807, 2.05) is 6.07 Å². The normalized spacial score (nSPS) is 13.6. The van der Waals surface area contributed by atoms with Crippen LogP contribution in [0.5, 0.6) is 0 Å². The number of thiophene rings is 1. The second kappa shape index (κ2) is 5.73. The van der Waals surface area contributed by atoms with Crippen molar-refractivity contribution in [3.05, 3.63) is 56.8 Å². The van der Waals surface area contributed by atoms with Crippen molar-refractivity contribution < 1.29 is 13.6 Å². The SMILES string of the molecule is O=C(N/N=C\c1ccc(F)cc1F)c1cc2c(s1)CCC2. The fourth-order valence-corrected chi connectivity index (χ4v) is 3.41. The lowest BCUT2D eigenvalue weighted by Crippen LogP contribution is -2.16. The molecule has 1 aromatic heterocycles. The number of aryl methyl sites for hydroxylation is 2. The second-order valence-electron chi connectivity index (χ2n) is 4.78. The summed E-state index contributed by atoms with van der Waals surface area (Å²) < 4.78 is 26.1. The van der Waals surface area contributed by atoms with Crippen molar-refractivity contribution in [1.29, 1.82) is 0 Å². The van der Waals surface area contributed by atoms with Gasteiger partial charge in [-0.15, -0.1) is 11.3 Å². The summed E-state index contributed by atoms with van der Waals surface area (Å²) in [6.07, 6.45) is 4.35. The van der Waals surface area contributed by atoms with E-state index in [4.69, 9.17) is 0 Å². The van der Waals surface area contributed by atoms with Gasteiger partial charge < -0.3 is 0 Å². The molecule has 0 atom stereocenters. The molecular formula is C15H12F2N2OS. The maximum atomic E-state index is 13.4. The molecule has 1 N–H and O–H groups in total. The van der Waals surface area contributed by atoms with E-state index in [1.54, 1.807) is 0 Å². The number of nitrogens with one attached hydrogen (secondary N) is 1. The molecule has 0 aliphatic heterocycles. The summed E-state index contributed by atoms with van der Waals surface area (Å²) in [6.45, 7) is 0. The van der Waals surface area contributed by atoms with Crippen molar-refractivity contribution in [2.24, 2.45) is 5.10 Å². The van der Waals surface area contributed by atoms with Crippen LogP contribution in [-0.2, 0) is 12.8 Å². The number of hydrazone groups is 1. The van der Waals surface area contributed by atoms with Crippen molar-refractivity contribution in [3.8, 4) is 0 Å². The molecule has 0 fully saturated rings. The zero-order valence-corrected chi connectivity index (χ0v) is 11.8. The monoisotopic (exact) mass is 306 g/mol. The molecule has 0 bridgehead atoms. The first kappa shape index (κ1) is 13.9. The van der Waals surface area contributed by atoms with Gasteiger partial charge in [0.15, 0.2) is 0 Å². The van der Waals surface area contributed by atoms with Crippen molar-refractivity contribution in [3.63, 3.8) is 0 Å². The molecule has 0 saturated carbocycles. The highest BCUT2D eigenvalue weighted by molar-refractivity contribution is 7.14. The van der Waals surface area contributed by atoms with Crippen molar-refractivity contribution >= 4 is 23.5 Å². The van der Waals surface area contributed by atoms with Gasteiger partial charge in [0.05, 0.1) is 11.1 Å². The zero-order valence-electron chi connectivity index (χ0n) is 11.0. The minimum Gasteiger partial charge on any atom is -0.266 e. The van der Waals surface area contributed by atoms with Gasteiger partial charge in [0, 0.05) is 16.5 Å². The number of carbonyl (C=O) groups is 1. The minimum atomic E-state index is -0.719. The highest BCUT2D eigenvalue weighted by Gasteiger charge is 2.18. The summed E-state index contributed by atoms with van der Waals surface area (Å²) in [5, 5.41) is 3.71. The summed E-state index contributed by atoms with van der Waals surface area (Å²) in [6, 6.07) is 5.05. The van der Waals surface area contributed by atoms with Gasteiger partial charge in [-0.1, -0.05) is 0 Å². The van der Waals surface area contributed by atoms with Crippen LogP contribution in [0.3, 0.4) is 0 Å². The first-order chi connectivity index (χ1) is 10.1. The Balaban J connectivity index is 1.66. The van der Waals surface area contributed by atoms with E-state index in [0.717, 1.165) is 37.6 Å². The Bertz CT molecular complexity index is 703. The molecule has 108 valence electrons. The molecule has 1 aromatic carbocycles. The fourth-order valence-electron chi connectivity index (χ4n) is 2.26. The predicted molar refractivity (Wildman–Crippen MR) is 77.8 cm³/mol. The number of hydrogen-bond acceptors (Lipinski definition) is 3. The summed E-state index contributed by atoms with van der Waals surface area (Å²) in [4.78, 5) is 13.8. The van der Waals surface area contributed by atoms with Gasteiger partial charge in [-0.05, 0) is 43.0 Å². The quantitative estimate of drug-likeness (QED) is 0.686. The van der Waals surface area contributed by atoms with Gasteiger partial charge in [-0.2, -0.15) is 5.10 Å². The summed E-state index contributed by atoms with van der Waals surface area (Å²) in [5.74, 6) is -1.68. The number of rotatable bonds is 3. The molecule has 21 heavy (non-hydrogen) atoms. The van der Waals surface area contributed by atoms with Gasteiger partial charge in [-0.25, -0.2) is 14.2 Å². The van der Waals surface area contributed by atoms with Gasteiger partial charge in [0.1, 0.15) is 11.6 Å².